The van der Waals surface area contributed by atoms with E-state index in [0.717, 1.165) is 23.6 Å². The molecule has 2 aromatic rings. The van der Waals surface area contributed by atoms with Gasteiger partial charge in [-0.1, -0.05) is 23.5 Å². The molecule has 1 aromatic heterocycles. The second-order valence-electron chi connectivity index (χ2n) is 3.64. The summed E-state index contributed by atoms with van der Waals surface area (Å²) in [7, 11) is 0. The van der Waals surface area contributed by atoms with Crippen molar-refractivity contribution in [3.8, 4) is 10.4 Å². The highest BCUT2D eigenvalue weighted by atomic mass is 32.1. The number of halogens is 3. The molecule has 0 aliphatic rings. The second-order valence-corrected chi connectivity index (χ2v) is 4.67. The van der Waals surface area contributed by atoms with Gasteiger partial charge in [0.05, 0.1) is 10.4 Å². The average molecular weight is 272 g/mol. The summed E-state index contributed by atoms with van der Waals surface area (Å²) in [5.41, 5.74) is -0.107. The Morgan fingerprint density at radius 1 is 1.33 bits per heavy atom. The van der Waals surface area contributed by atoms with Crippen LogP contribution < -0.4 is 5.32 Å². The van der Waals surface area contributed by atoms with Gasteiger partial charge in [0.1, 0.15) is 0 Å². The Balaban J connectivity index is 2.32. The molecule has 0 atom stereocenters. The molecule has 0 unspecified atom stereocenters. The number of rotatable bonds is 3. The van der Waals surface area contributed by atoms with E-state index < -0.39 is 11.7 Å². The molecule has 0 aliphatic carbocycles. The number of benzene rings is 1. The van der Waals surface area contributed by atoms with Crippen molar-refractivity contribution in [2.24, 2.45) is 0 Å². The van der Waals surface area contributed by atoms with Gasteiger partial charge in [0.15, 0.2) is 5.13 Å². The van der Waals surface area contributed by atoms with E-state index in [1.54, 1.807) is 12.3 Å². The summed E-state index contributed by atoms with van der Waals surface area (Å²) >= 11 is 1.34. The molecule has 1 N–H and O–H groups in total. The summed E-state index contributed by atoms with van der Waals surface area (Å²) in [6.07, 6.45) is -2.73. The third-order valence-corrected chi connectivity index (χ3v) is 3.31. The molecule has 1 aromatic carbocycles. The van der Waals surface area contributed by atoms with Crippen LogP contribution in [0.5, 0.6) is 0 Å². The summed E-state index contributed by atoms with van der Waals surface area (Å²) in [6.45, 7) is 2.67. The zero-order valence-electron chi connectivity index (χ0n) is 9.58. The van der Waals surface area contributed by atoms with Gasteiger partial charge in [-0.2, -0.15) is 13.2 Å². The first-order chi connectivity index (χ1) is 8.50. The van der Waals surface area contributed by atoms with E-state index in [-0.39, 0.29) is 0 Å². The summed E-state index contributed by atoms with van der Waals surface area (Å²) in [5, 5.41) is 3.74. The Bertz CT molecular complexity index is 534. The number of aromatic nitrogens is 1. The van der Waals surface area contributed by atoms with Gasteiger partial charge in [0, 0.05) is 12.7 Å². The van der Waals surface area contributed by atoms with Gasteiger partial charge in [-0.3, -0.25) is 0 Å². The molecule has 2 nitrogen and oxygen atoms in total. The van der Waals surface area contributed by atoms with Crippen LogP contribution in [0.1, 0.15) is 12.5 Å². The minimum Gasteiger partial charge on any atom is -0.362 e. The van der Waals surface area contributed by atoms with E-state index in [2.05, 4.69) is 10.3 Å². The van der Waals surface area contributed by atoms with Crippen molar-refractivity contribution in [2.45, 2.75) is 13.1 Å². The molecule has 2 rings (SSSR count). The Morgan fingerprint density at radius 2 is 2.11 bits per heavy atom. The number of anilines is 1. The molecule has 0 saturated heterocycles. The smallest absolute Gasteiger partial charge is 0.362 e. The lowest BCUT2D eigenvalue weighted by Crippen LogP contribution is -2.04. The highest BCUT2D eigenvalue weighted by Crippen LogP contribution is 2.34. The van der Waals surface area contributed by atoms with Crippen molar-refractivity contribution in [1.29, 1.82) is 0 Å². The summed E-state index contributed by atoms with van der Waals surface area (Å²) in [4.78, 5) is 4.82. The van der Waals surface area contributed by atoms with Gasteiger partial charge in [0.25, 0.3) is 0 Å². The van der Waals surface area contributed by atoms with Crippen molar-refractivity contribution in [3.63, 3.8) is 0 Å². The van der Waals surface area contributed by atoms with Gasteiger partial charge >= 0.3 is 6.18 Å². The molecular formula is C12H11F3N2S. The number of thiazole rings is 1. The van der Waals surface area contributed by atoms with E-state index >= 15 is 0 Å². The fourth-order valence-electron chi connectivity index (χ4n) is 1.49. The maximum absolute atomic E-state index is 12.6. The van der Waals surface area contributed by atoms with Crippen molar-refractivity contribution in [2.75, 3.05) is 11.9 Å². The van der Waals surface area contributed by atoms with Crippen LogP contribution in [0.4, 0.5) is 18.3 Å². The third-order valence-electron chi connectivity index (χ3n) is 2.31. The highest BCUT2D eigenvalue weighted by molar-refractivity contribution is 7.18. The van der Waals surface area contributed by atoms with E-state index in [1.165, 1.54) is 17.4 Å². The number of alkyl halides is 3. The van der Waals surface area contributed by atoms with Crippen LogP contribution in [-0.2, 0) is 6.18 Å². The van der Waals surface area contributed by atoms with Crippen LogP contribution in [0.15, 0.2) is 30.5 Å². The molecule has 1 heterocycles. The van der Waals surface area contributed by atoms with E-state index in [4.69, 9.17) is 0 Å². The maximum Gasteiger partial charge on any atom is 0.416 e. The molecule has 0 aliphatic heterocycles. The maximum atomic E-state index is 12.6. The number of hydrogen-bond donors (Lipinski definition) is 1. The normalized spacial score (nSPS) is 11.6. The van der Waals surface area contributed by atoms with Crippen molar-refractivity contribution >= 4 is 16.5 Å². The molecular weight excluding hydrogens is 261 g/mol. The molecule has 6 heteroatoms. The predicted octanol–water partition coefficient (Wildman–Crippen LogP) is 4.26. The first-order valence-corrected chi connectivity index (χ1v) is 6.19. The van der Waals surface area contributed by atoms with Crippen molar-refractivity contribution in [1.82, 2.24) is 4.98 Å². The molecule has 0 saturated carbocycles. The zero-order valence-corrected chi connectivity index (χ0v) is 10.4. The Hall–Kier alpha value is -1.56. The number of nitrogens with zero attached hydrogens (tertiary/aromatic N) is 1. The van der Waals surface area contributed by atoms with Crippen molar-refractivity contribution in [3.05, 3.63) is 36.0 Å². The summed E-state index contributed by atoms with van der Waals surface area (Å²) in [6, 6.07) is 5.27. The molecule has 0 spiro atoms. The topological polar surface area (TPSA) is 24.9 Å². The molecule has 0 bridgehead atoms. The van der Waals surface area contributed by atoms with Gasteiger partial charge < -0.3 is 5.32 Å². The van der Waals surface area contributed by atoms with Crippen LogP contribution in [0, 0.1) is 0 Å². The Morgan fingerprint density at radius 3 is 2.78 bits per heavy atom. The van der Waals surface area contributed by atoms with E-state index in [1.807, 2.05) is 6.92 Å². The number of nitrogens with one attached hydrogen (secondary N) is 1. The molecule has 96 valence electrons. The second kappa shape index (κ2) is 4.97. The molecule has 0 fully saturated rings. The predicted molar refractivity (Wildman–Crippen MR) is 66.7 cm³/mol. The van der Waals surface area contributed by atoms with Gasteiger partial charge in [-0.05, 0) is 24.6 Å². The summed E-state index contributed by atoms with van der Waals surface area (Å²) in [5.74, 6) is 0. The standard InChI is InChI=1S/C12H11F3N2S/c1-2-16-11-17-7-10(18-11)8-4-3-5-9(6-8)12(13,14)15/h3-7H,2H2,1H3,(H,16,17). The SMILES string of the molecule is CCNc1ncc(-c2cccc(C(F)(F)F)c2)s1. The first kappa shape index (κ1) is 12.9. The average Bonchev–Trinajstić information content (AvgIpc) is 2.77. The van der Waals surface area contributed by atoms with Crippen LogP contribution in [0.2, 0.25) is 0 Å². The Kier molecular flexibility index (Phi) is 3.56. The monoisotopic (exact) mass is 272 g/mol. The zero-order chi connectivity index (χ0) is 13.2. The van der Waals surface area contributed by atoms with Crippen LogP contribution in [-0.4, -0.2) is 11.5 Å². The minimum atomic E-state index is -4.31. The molecule has 0 amide bonds. The fourth-order valence-corrected chi connectivity index (χ4v) is 2.37. The quantitative estimate of drug-likeness (QED) is 0.903. The molecule has 18 heavy (non-hydrogen) atoms. The summed E-state index contributed by atoms with van der Waals surface area (Å²) < 4.78 is 37.8. The lowest BCUT2D eigenvalue weighted by Gasteiger charge is -2.07. The molecule has 0 radical (unpaired) electrons. The van der Waals surface area contributed by atoms with Crippen LogP contribution >= 0.6 is 11.3 Å². The van der Waals surface area contributed by atoms with Gasteiger partial charge in [-0.25, -0.2) is 4.98 Å². The largest absolute Gasteiger partial charge is 0.416 e. The van der Waals surface area contributed by atoms with Crippen LogP contribution in [0.3, 0.4) is 0 Å². The first-order valence-electron chi connectivity index (χ1n) is 5.38. The van der Waals surface area contributed by atoms with Crippen molar-refractivity contribution < 1.29 is 13.2 Å². The number of hydrogen-bond acceptors (Lipinski definition) is 3. The van der Waals surface area contributed by atoms with Gasteiger partial charge in [-0.15, -0.1) is 0 Å². The lowest BCUT2D eigenvalue weighted by molar-refractivity contribution is -0.137. The lowest BCUT2D eigenvalue weighted by atomic mass is 10.1. The highest BCUT2D eigenvalue weighted by Gasteiger charge is 2.30. The fraction of sp³-hybridized carbons (Fsp3) is 0.250. The van der Waals surface area contributed by atoms with Gasteiger partial charge in [0.2, 0.25) is 0 Å². The van der Waals surface area contributed by atoms with Crippen LogP contribution in [0.25, 0.3) is 10.4 Å². The van der Waals surface area contributed by atoms with E-state index in [9.17, 15) is 13.2 Å². The minimum absolute atomic E-state index is 0.534. The Labute approximate surface area is 106 Å². The third kappa shape index (κ3) is 2.81. The van der Waals surface area contributed by atoms with E-state index in [0.29, 0.717) is 10.7 Å².